The molecular weight excluding hydrogens is 330 g/mol. The summed E-state index contributed by atoms with van der Waals surface area (Å²) < 4.78 is 14.1. The van der Waals surface area contributed by atoms with Crippen molar-refractivity contribution in [3.8, 4) is 0 Å². The fraction of sp³-hybridized carbons (Fsp3) is 0.273. The molecule has 0 unspecified atom stereocenters. The molecule has 0 aliphatic heterocycles. The van der Waals surface area contributed by atoms with Gasteiger partial charge in [0, 0.05) is 5.39 Å². The van der Waals surface area contributed by atoms with Crippen LogP contribution in [0, 0.1) is 12.7 Å². The van der Waals surface area contributed by atoms with E-state index in [4.69, 9.17) is 23.2 Å². The Morgan fingerprint density at radius 1 is 1.24 bits per heavy atom. The van der Waals surface area contributed by atoms with E-state index in [9.17, 15) is 4.39 Å². The first-order valence-corrected chi connectivity index (χ1v) is 6.53. The molecule has 1 heterocycles. The van der Waals surface area contributed by atoms with Crippen LogP contribution in [-0.4, -0.2) is 9.97 Å². The Labute approximate surface area is 117 Å². The molecule has 0 radical (unpaired) electrons. The second-order valence-corrected chi connectivity index (χ2v) is 4.49. The van der Waals surface area contributed by atoms with E-state index < -0.39 is 5.82 Å². The van der Waals surface area contributed by atoms with Crippen molar-refractivity contribution in [2.45, 2.75) is 20.8 Å². The van der Waals surface area contributed by atoms with Crippen LogP contribution in [0.25, 0.3) is 10.9 Å². The Kier molecular flexibility index (Phi) is 5.10. The summed E-state index contributed by atoms with van der Waals surface area (Å²) in [6.07, 6.45) is 0. The van der Waals surface area contributed by atoms with Crippen LogP contribution in [0.5, 0.6) is 0 Å². The molecule has 17 heavy (non-hydrogen) atoms. The molecule has 0 aliphatic rings. The molecule has 0 atom stereocenters. The van der Waals surface area contributed by atoms with Crippen LogP contribution in [0.2, 0.25) is 10.4 Å². The van der Waals surface area contributed by atoms with E-state index in [0.29, 0.717) is 9.86 Å². The zero-order chi connectivity index (χ0) is 13.2. The van der Waals surface area contributed by atoms with Crippen LogP contribution in [-0.2, 0) is 0 Å². The van der Waals surface area contributed by atoms with Crippen molar-refractivity contribution in [2.24, 2.45) is 0 Å². The topological polar surface area (TPSA) is 25.8 Å². The lowest BCUT2D eigenvalue weighted by Crippen LogP contribution is -1.93. The molecule has 1 aromatic carbocycles. The van der Waals surface area contributed by atoms with Crippen molar-refractivity contribution in [3.05, 3.63) is 32.4 Å². The molecule has 1 aromatic heterocycles. The number of nitrogens with zero attached hydrogens (tertiary/aromatic N) is 2. The number of aryl methyl sites for hydroxylation is 1. The number of hydrogen-bond acceptors (Lipinski definition) is 2. The first-order valence-electron chi connectivity index (χ1n) is 4.98. The quantitative estimate of drug-likeness (QED) is 0.488. The first-order chi connectivity index (χ1) is 8.00. The van der Waals surface area contributed by atoms with Gasteiger partial charge in [-0.15, -0.1) is 0 Å². The minimum atomic E-state index is -0.476. The lowest BCUT2D eigenvalue weighted by molar-refractivity contribution is 0.628. The number of hydrogen-bond donors (Lipinski definition) is 0. The standard InChI is InChI=1S/C9H4BrCl2FN2.C2H6/c1-3-2-4-7(6(13)5(3)10)14-9(12)15-8(4)11;1-2/h2H,1H3;1-2H3. The van der Waals surface area contributed by atoms with E-state index in [2.05, 4.69) is 25.9 Å². The Balaban J connectivity index is 0.000000686. The average molecular weight is 340 g/mol. The first kappa shape index (κ1) is 14.6. The smallest absolute Gasteiger partial charge is 0.215 e. The molecule has 92 valence electrons. The van der Waals surface area contributed by atoms with Crippen LogP contribution in [0.4, 0.5) is 4.39 Å². The molecule has 2 rings (SSSR count). The summed E-state index contributed by atoms with van der Waals surface area (Å²) in [5.74, 6) is -0.476. The summed E-state index contributed by atoms with van der Waals surface area (Å²) in [7, 11) is 0. The summed E-state index contributed by atoms with van der Waals surface area (Å²) in [6.45, 7) is 5.76. The van der Waals surface area contributed by atoms with Gasteiger partial charge in [-0.25, -0.2) is 14.4 Å². The number of rotatable bonds is 0. The van der Waals surface area contributed by atoms with Crippen LogP contribution >= 0.6 is 39.1 Å². The van der Waals surface area contributed by atoms with Gasteiger partial charge in [0.1, 0.15) is 10.7 Å². The van der Waals surface area contributed by atoms with Crippen LogP contribution in [0.3, 0.4) is 0 Å². The molecule has 0 bridgehead atoms. The van der Waals surface area contributed by atoms with Crippen LogP contribution < -0.4 is 0 Å². The van der Waals surface area contributed by atoms with Gasteiger partial charge in [-0.1, -0.05) is 25.4 Å². The minimum Gasteiger partial charge on any atom is -0.215 e. The SMILES string of the molecule is CC.Cc1cc2c(Cl)nc(Cl)nc2c(F)c1Br. The van der Waals surface area contributed by atoms with Gasteiger partial charge in [0.25, 0.3) is 0 Å². The Morgan fingerprint density at radius 2 is 1.82 bits per heavy atom. The lowest BCUT2D eigenvalue weighted by atomic mass is 10.1. The molecule has 0 N–H and O–H groups in total. The van der Waals surface area contributed by atoms with Crippen LogP contribution in [0.15, 0.2) is 10.5 Å². The highest BCUT2D eigenvalue weighted by molar-refractivity contribution is 9.10. The molecule has 0 amide bonds. The highest BCUT2D eigenvalue weighted by atomic mass is 79.9. The fourth-order valence-electron chi connectivity index (χ4n) is 1.27. The number of benzene rings is 1. The normalized spacial score (nSPS) is 10.1. The van der Waals surface area contributed by atoms with Gasteiger partial charge >= 0.3 is 0 Å². The maximum absolute atomic E-state index is 13.8. The predicted octanol–water partition coefficient (Wildman–Crippen LogP) is 5.17. The summed E-state index contributed by atoms with van der Waals surface area (Å²) in [4.78, 5) is 7.55. The third kappa shape index (κ3) is 2.87. The third-order valence-electron chi connectivity index (χ3n) is 1.98. The summed E-state index contributed by atoms with van der Waals surface area (Å²) in [5, 5.41) is 0.543. The Hall–Kier alpha value is -0.450. The highest BCUT2D eigenvalue weighted by Crippen LogP contribution is 2.31. The summed E-state index contributed by atoms with van der Waals surface area (Å²) in [6, 6.07) is 1.71. The molecule has 0 spiro atoms. The van der Waals surface area contributed by atoms with E-state index in [1.807, 2.05) is 13.8 Å². The van der Waals surface area contributed by atoms with E-state index in [1.165, 1.54) is 0 Å². The van der Waals surface area contributed by atoms with E-state index in [1.54, 1.807) is 13.0 Å². The monoisotopic (exact) mass is 338 g/mol. The van der Waals surface area contributed by atoms with Gasteiger partial charge in [0.05, 0.1) is 4.47 Å². The minimum absolute atomic E-state index is 0.0675. The van der Waals surface area contributed by atoms with Crippen molar-refractivity contribution < 1.29 is 4.39 Å². The van der Waals surface area contributed by atoms with Gasteiger partial charge in [-0.3, -0.25) is 0 Å². The second kappa shape index (κ2) is 5.94. The largest absolute Gasteiger partial charge is 0.224 e. The zero-order valence-electron chi connectivity index (χ0n) is 9.48. The Bertz CT molecular complexity index is 561. The molecule has 6 heteroatoms. The zero-order valence-corrected chi connectivity index (χ0v) is 12.6. The van der Waals surface area contributed by atoms with Crippen molar-refractivity contribution in [1.29, 1.82) is 0 Å². The van der Waals surface area contributed by atoms with Gasteiger partial charge < -0.3 is 0 Å². The van der Waals surface area contributed by atoms with Crippen molar-refractivity contribution >= 4 is 50.0 Å². The molecule has 0 fully saturated rings. The van der Waals surface area contributed by atoms with Gasteiger partial charge in [0.2, 0.25) is 5.28 Å². The molecule has 0 saturated carbocycles. The number of aromatic nitrogens is 2. The molecular formula is C11H10BrCl2FN2. The molecule has 0 aliphatic carbocycles. The predicted molar refractivity (Wildman–Crippen MR) is 73.3 cm³/mol. The van der Waals surface area contributed by atoms with E-state index in [-0.39, 0.29) is 16.0 Å². The third-order valence-corrected chi connectivity index (χ3v) is 3.41. The van der Waals surface area contributed by atoms with Crippen molar-refractivity contribution in [1.82, 2.24) is 9.97 Å². The number of halogens is 4. The average Bonchev–Trinajstić information content (AvgIpc) is 2.31. The lowest BCUT2D eigenvalue weighted by Gasteiger charge is -2.05. The maximum Gasteiger partial charge on any atom is 0.224 e. The fourth-order valence-corrected chi connectivity index (χ4v) is 2.01. The Morgan fingerprint density at radius 3 is 2.41 bits per heavy atom. The highest BCUT2D eigenvalue weighted by Gasteiger charge is 2.14. The second-order valence-electron chi connectivity index (χ2n) is 3.00. The number of fused-ring (bicyclic) bond motifs is 1. The summed E-state index contributed by atoms with van der Waals surface area (Å²) >= 11 is 14.6. The van der Waals surface area contributed by atoms with Crippen molar-refractivity contribution in [3.63, 3.8) is 0 Å². The molecule has 2 nitrogen and oxygen atoms in total. The van der Waals surface area contributed by atoms with E-state index >= 15 is 0 Å². The van der Waals surface area contributed by atoms with E-state index in [0.717, 1.165) is 5.56 Å². The van der Waals surface area contributed by atoms with Gasteiger partial charge in [0.15, 0.2) is 5.82 Å². The van der Waals surface area contributed by atoms with Crippen molar-refractivity contribution in [2.75, 3.05) is 0 Å². The molecule has 0 saturated heterocycles. The summed E-state index contributed by atoms with van der Waals surface area (Å²) in [5.41, 5.74) is 0.852. The van der Waals surface area contributed by atoms with Gasteiger partial charge in [-0.05, 0) is 46.1 Å². The van der Waals surface area contributed by atoms with Gasteiger partial charge in [-0.2, -0.15) is 0 Å². The molecule has 2 aromatic rings. The van der Waals surface area contributed by atoms with Crippen LogP contribution in [0.1, 0.15) is 19.4 Å². The maximum atomic E-state index is 13.8.